The van der Waals surface area contributed by atoms with E-state index in [1.54, 1.807) is 0 Å². The van der Waals surface area contributed by atoms with Crippen molar-refractivity contribution in [1.29, 1.82) is 0 Å². The van der Waals surface area contributed by atoms with Gasteiger partial charge in [0.2, 0.25) is 5.62 Å². The Labute approximate surface area is 51.0 Å². The SMILES string of the molecule is ClC1NN=CN1Cl. The molecule has 0 aromatic heterocycles. The van der Waals surface area contributed by atoms with Crippen LogP contribution in [0.15, 0.2) is 5.10 Å². The van der Waals surface area contributed by atoms with E-state index in [-0.39, 0.29) is 5.62 Å². The smallest absolute Gasteiger partial charge is 0.207 e. The summed E-state index contributed by atoms with van der Waals surface area (Å²) in [6.07, 6.45) is 1.40. The first kappa shape index (κ1) is 5.00. The molecule has 1 aliphatic heterocycles. The van der Waals surface area contributed by atoms with Gasteiger partial charge in [-0.2, -0.15) is 5.10 Å². The molecule has 7 heavy (non-hydrogen) atoms. The second-order valence-electron chi connectivity index (χ2n) is 1.05. The first-order valence-electron chi connectivity index (χ1n) is 1.67. The van der Waals surface area contributed by atoms with E-state index in [0.29, 0.717) is 0 Å². The minimum absolute atomic E-state index is 0.387. The number of halogens is 2. The highest BCUT2D eigenvalue weighted by molar-refractivity contribution is 6.28. The van der Waals surface area contributed by atoms with Gasteiger partial charge in [-0.05, 0) is 0 Å². The van der Waals surface area contributed by atoms with Crippen LogP contribution in [0.4, 0.5) is 0 Å². The molecule has 0 saturated heterocycles. The summed E-state index contributed by atoms with van der Waals surface area (Å²) < 4.78 is 1.24. The number of alkyl halides is 1. The van der Waals surface area contributed by atoms with Gasteiger partial charge in [-0.15, -0.1) is 0 Å². The summed E-state index contributed by atoms with van der Waals surface area (Å²) in [5.74, 6) is 0. The van der Waals surface area contributed by atoms with E-state index in [9.17, 15) is 0 Å². The van der Waals surface area contributed by atoms with Gasteiger partial charge in [0.05, 0.1) is 0 Å². The molecule has 0 saturated carbocycles. The van der Waals surface area contributed by atoms with Crippen molar-refractivity contribution in [3.05, 3.63) is 0 Å². The Morgan fingerprint density at radius 3 is 2.71 bits per heavy atom. The van der Waals surface area contributed by atoms with Crippen LogP contribution in [0.25, 0.3) is 0 Å². The van der Waals surface area contributed by atoms with Gasteiger partial charge in [0.1, 0.15) is 6.34 Å². The van der Waals surface area contributed by atoms with Crippen molar-refractivity contribution in [3.63, 3.8) is 0 Å². The van der Waals surface area contributed by atoms with Crippen LogP contribution in [-0.2, 0) is 0 Å². The van der Waals surface area contributed by atoms with Gasteiger partial charge in [-0.1, -0.05) is 11.6 Å². The molecule has 1 rings (SSSR count). The van der Waals surface area contributed by atoms with Crippen molar-refractivity contribution in [2.45, 2.75) is 5.62 Å². The summed E-state index contributed by atoms with van der Waals surface area (Å²) in [7, 11) is 0. The van der Waals surface area contributed by atoms with Crippen LogP contribution in [0.3, 0.4) is 0 Å². The van der Waals surface area contributed by atoms with Crippen molar-refractivity contribution in [3.8, 4) is 0 Å². The maximum absolute atomic E-state index is 5.42. The monoisotopic (exact) mass is 139 g/mol. The predicted molar refractivity (Wildman–Crippen MR) is 29.0 cm³/mol. The Balaban J connectivity index is 2.45. The lowest BCUT2D eigenvalue weighted by Crippen LogP contribution is -2.23. The Hall–Kier alpha value is -0.150. The number of rotatable bonds is 0. The van der Waals surface area contributed by atoms with Gasteiger partial charge < -0.3 is 0 Å². The van der Waals surface area contributed by atoms with Gasteiger partial charge >= 0.3 is 0 Å². The molecular weight excluding hydrogens is 137 g/mol. The first-order valence-corrected chi connectivity index (χ1v) is 2.45. The highest BCUT2D eigenvalue weighted by atomic mass is 35.5. The minimum atomic E-state index is -0.387. The van der Waals surface area contributed by atoms with Gasteiger partial charge in [0.15, 0.2) is 0 Å². The lowest BCUT2D eigenvalue weighted by atomic mass is 11.1. The Morgan fingerprint density at radius 2 is 2.57 bits per heavy atom. The number of hydrogen-bond acceptors (Lipinski definition) is 3. The first-order chi connectivity index (χ1) is 3.30. The van der Waals surface area contributed by atoms with Crippen LogP contribution in [0.2, 0.25) is 0 Å². The summed E-state index contributed by atoms with van der Waals surface area (Å²) >= 11 is 10.8. The number of hydrazone groups is 1. The molecule has 3 nitrogen and oxygen atoms in total. The van der Waals surface area contributed by atoms with Crippen molar-refractivity contribution >= 4 is 29.7 Å². The number of nitrogens with one attached hydrogen (secondary N) is 1. The maximum Gasteiger partial charge on any atom is 0.207 e. The average molecular weight is 140 g/mol. The lowest BCUT2D eigenvalue weighted by molar-refractivity contribution is 0.571. The third kappa shape index (κ3) is 0.894. The standard InChI is InChI=1S/C2H3Cl2N3/c3-2-6-5-1-7(2)4/h1-2,6H. The zero-order chi connectivity index (χ0) is 5.28. The fraction of sp³-hybridized carbons (Fsp3) is 0.500. The maximum atomic E-state index is 5.42. The average Bonchev–Trinajstić information content (AvgIpc) is 1.91. The molecule has 1 N–H and O–H groups in total. The number of hydrogen-bond donors (Lipinski definition) is 1. The molecule has 0 aromatic carbocycles. The molecule has 5 heteroatoms. The van der Waals surface area contributed by atoms with Crippen LogP contribution >= 0.6 is 23.4 Å². The van der Waals surface area contributed by atoms with Crippen molar-refractivity contribution < 1.29 is 0 Å². The molecule has 0 spiro atoms. The Morgan fingerprint density at radius 1 is 1.86 bits per heavy atom. The normalized spacial score (nSPS) is 28.3. The second-order valence-corrected chi connectivity index (χ2v) is 1.86. The van der Waals surface area contributed by atoms with Gasteiger partial charge in [-0.25, -0.2) is 4.42 Å². The summed E-state index contributed by atoms with van der Waals surface area (Å²) in [6, 6.07) is 0. The van der Waals surface area contributed by atoms with Crippen molar-refractivity contribution in [2.75, 3.05) is 0 Å². The zero-order valence-electron chi connectivity index (χ0n) is 3.31. The second kappa shape index (κ2) is 1.76. The molecule has 0 radical (unpaired) electrons. The molecule has 0 aliphatic carbocycles. The third-order valence-electron chi connectivity index (χ3n) is 0.566. The summed E-state index contributed by atoms with van der Waals surface area (Å²) in [4.78, 5) is 0. The van der Waals surface area contributed by atoms with Crippen molar-refractivity contribution in [1.82, 2.24) is 9.84 Å². The van der Waals surface area contributed by atoms with Gasteiger partial charge in [0.25, 0.3) is 0 Å². The van der Waals surface area contributed by atoms with E-state index in [1.807, 2.05) is 0 Å². The summed E-state index contributed by atoms with van der Waals surface area (Å²) in [6.45, 7) is 0. The zero-order valence-corrected chi connectivity index (χ0v) is 4.82. The fourth-order valence-electron chi connectivity index (χ4n) is 0.264. The predicted octanol–water partition coefficient (Wildman–Crippen LogP) is 0.511. The van der Waals surface area contributed by atoms with Crippen LogP contribution in [-0.4, -0.2) is 16.4 Å². The fourth-order valence-corrected chi connectivity index (χ4v) is 0.458. The molecule has 0 bridgehead atoms. The van der Waals surface area contributed by atoms with E-state index in [2.05, 4.69) is 10.5 Å². The molecule has 0 fully saturated rings. The van der Waals surface area contributed by atoms with Crippen LogP contribution in [0.1, 0.15) is 0 Å². The summed E-state index contributed by atoms with van der Waals surface area (Å²) in [5.41, 5.74) is 2.11. The molecule has 0 amide bonds. The molecule has 0 aromatic rings. The largest absolute Gasteiger partial charge is 0.271 e. The van der Waals surface area contributed by atoms with Crippen LogP contribution in [0, 0.1) is 0 Å². The van der Waals surface area contributed by atoms with E-state index in [4.69, 9.17) is 23.4 Å². The Kier molecular flexibility index (Phi) is 1.25. The highest BCUT2D eigenvalue weighted by Crippen LogP contribution is 2.05. The molecule has 40 valence electrons. The quantitative estimate of drug-likeness (QED) is 0.301. The number of nitrogens with zero attached hydrogens (tertiary/aromatic N) is 2. The highest BCUT2D eigenvalue weighted by Gasteiger charge is 2.12. The Bertz CT molecular complexity index is 92.9. The van der Waals surface area contributed by atoms with Crippen molar-refractivity contribution in [2.24, 2.45) is 5.10 Å². The molecule has 1 aliphatic rings. The minimum Gasteiger partial charge on any atom is -0.271 e. The summed E-state index contributed by atoms with van der Waals surface area (Å²) in [5, 5.41) is 3.53. The van der Waals surface area contributed by atoms with Gasteiger partial charge in [-0.3, -0.25) is 5.43 Å². The van der Waals surface area contributed by atoms with E-state index < -0.39 is 0 Å². The lowest BCUT2D eigenvalue weighted by Gasteiger charge is -2.05. The molecule has 1 heterocycles. The molecule has 1 atom stereocenters. The van der Waals surface area contributed by atoms with Crippen LogP contribution < -0.4 is 5.43 Å². The molecular formula is C2H3Cl2N3. The molecule has 1 unspecified atom stereocenters. The van der Waals surface area contributed by atoms with E-state index >= 15 is 0 Å². The van der Waals surface area contributed by atoms with Crippen LogP contribution in [0.5, 0.6) is 0 Å². The third-order valence-corrected chi connectivity index (χ3v) is 1.26. The van der Waals surface area contributed by atoms with Gasteiger partial charge in [0, 0.05) is 11.8 Å². The van der Waals surface area contributed by atoms with E-state index in [1.165, 1.54) is 10.8 Å². The van der Waals surface area contributed by atoms with E-state index in [0.717, 1.165) is 0 Å². The topological polar surface area (TPSA) is 27.6 Å².